The molecule has 0 unspecified atom stereocenters. The fraction of sp³-hybridized carbons (Fsp3) is 0.278. The highest BCUT2D eigenvalue weighted by atomic mass is 32.2. The van der Waals surface area contributed by atoms with Crippen LogP contribution in [-0.2, 0) is 16.4 Å². The zero-order valence-electron chi connectivity index (χ0n) is 14.5. The van der Waals surface area contributed by atoms with Gasteiger partial charge in [0.05, 0.1) is 6.10 Å². The van der Waals surface area contributed by atoms with E-state index in [9.17, 15) is 22.0 Å². The maximum atomic E-state index is 14.4. The zero-order valence-corrected chi connectivity index (χ0v) is 15.3. The van der Waals surface area contributed by atoms with Crippen LogP contribution in [-0.4, -0.2) is 26.8 Å². The Hall–Kier alpha value is -2.68. The summed E-state index contributed by atoms with van der Waals surface area (Å²) in [7, 11) is -3.77. The Morgan fingerprint density at radius 2 is 1.96 bits per heavy atom. The highest BCUT2D eigenvalue weighted by molar-refractivity contribution is 7.90. The number of ether oxygens (including phenoxy) is 1. The van der Waals surface area contributed by atoms with Crippen LogP contribution in [0.15, 0.2) is 41.3 Å². The van der Waals surface area contributed by atoms with Crippen molar-refractivity contribution in [1.29, 1.82) is 0 Å². The van der Waals surface area contributed by atoms with Crippen LogP contribution in [0.3, 0.4) is 0 Å². The van der Waals surface area contributed by atoms with Crippen LogP contribution in [0.25, 0.3) is 0 Å². The minimum absolute atomic E-state index is 0.0496. The number of anilines is 1. The summed E-state index contributed by atoms with van der Waals surface area (Å²) >= 11 is 0. The van der Waals surface area contributed by atoms with Crippen molar-refractivity contribution in [2.75, 3.05) is 11.6 Å². The monoisotopic (exact) mass is 396 g/mol. The number of nitrogens with one attached hydrogen (secondary N) is 2. The van der Waals surface area contributed by atoms with E-state index >= 15 is 0 Å². The summed E-state index contributed by atoms with van der Waals surface area (Å²) in [4.78, 5) is 11.5. The van der Waals surface area contributed by atoms with Crippen molar-refractivity contribution in [3.63, 3.8) is 0 Å². The molecule has 2 aromatic rings. The van der Waals surface area contributed by atoms with Crippen molar-refractivity contribution < 1.29 is 26.7 Å². The van der Waals surface area contributed by atoms with Crippen molar-refractivity contribution in [3.8, 4) is 5.75 Å². The Morgan fingerprint density at radius 3 is 2.63 bits per heavy atom. The molecule has 1 fully saturated rings. The molecule has 0 bridgehead atoms. The van der Waals surface area contributed by atoms with E-state index < -0.39 is 32.4 Å². The smallest absolute Gasteiger partial charge is 0.319 e. The molecule has 3 rings (SSSR count). The lowest BCUT2D eigenvalue weighted by atomic mass is 10.2. The van der Waals surface area contributed by atoms with E-state index in [1.54, 1.807) is 6.07 Å². The molecule has 27 heavy (non-hydrogen) atoms. The quantitative estimate of drug-likeness (QED) is 0.785. The van der Waals surface area contributed by atoms with E-state index in [1.165, 1.54) is 18.2 Å². The number of hydrogen-bond acceptors (Lipinski definition) is 4. The van der Waals surface area contributed by atoms with Gasteiger partial charge in [0.25, 0.3) is 0 Å². The van der Waals surface area contributed by atoms with Crippen molar-refractivity contribution in [2.24, 2.45) is 0 Å². The summed E-state index contributed by atoms with van der Waals surface area (Å²) in [6.45, 7) is -0.0976. The van der Waals surface area contributed by atoms with Gasteiger partial charge in [-0.2, -0.15) is 0 Å². The minimum Gasteiger partial charge on any atom is -0.487 e. The van der Waals surface area contributed by atoms with Crippen molar-refractivity contribution in [1.82, 2.24) is 5.32 Å². The molecule has 9 heteroatoms. The fourth-order valence-corrected chi connectivity index (χ4v) is 3.13. The number of sulfone groups is 1. The minimum atomic E-state index is -3.77. The maximum Gasteiger partial charge on any atom is 0.319 e. The molecule has 1 saturated carbocycles. The second kappa shape index (κ2) is 7.51. The van der Waals surface area contributed by atoms with Crippen LogP contribution >= 0.6 is 0 Å². The molecule has 1 aliphatic carbocycles. The number of halogens is 2. The first kappa shape index (κ1) is 19.1. The number of carbonyl (C=O) groups is 1. The van der Waals surface area contributed by atoms with Crippen LogP contribution in [0.4, 0.5) is 19.3 Å². The van der Waals surface area contributed by atoms with Crippen molar-refractivity contribution in [2.45, 2.75) is 30.4 Å². The third-order valence-electron chi connectivity index (χ3n) is 3.89. The van der Waals surface area contributed by atoms with Gasteiger partial charge in [-0.3, -0.25) is 0 Å². The highest BCUT2D eigenvalue weighted by Gasteiger charge is 2.25. The summed E-state index contributed by atoms with van der Waals surface area (Å²) in [5.41, 5.74) is 0.347. The van der Waals surface area contributed by atoms with Gasteiger partial charge in [0, 0.05) is 24.1 Å². The molecule has 0 atom stereocenters. The summed E-state index contributed by atoms with van der Waals surface area (Å²) in [5, 5.41) is 4.86. The molecule has 0 spiro atoms. The molecule has 2 N–H and O–H groups in total. The molecule has 1 aliphatic rings. The molecule has 0 heterocycles. The van der Waals surface area contributed by atoms with Gasteiger partial charge in [0.15, 0.2) is 21.4 Å². The predicted octanol–water partition coefficient (Wildman–Crippen LogP) is 3.23. The van der Waals surface area contributed by atoms with E-state index in [2.05, 4.69) is 10.6 Å². The molecule has 144 valence electrons. The Labute approximate surface area is 155 Å². The first-order chi connectivity index (χ1) is 12.7. The summed E-state index contributed by atoms with van der Waals surface area (Å²) in [5.74, 6) is -1.29. The molecule has 0 aromatic heterocycles. The topological polar surface area (TPSA) is 84.5 Å². The Bertz CT molecular complexity index is 975. The van der Waals surface area contributed by atoms with Gasteiger partial charge in [-0.25, -0.2) is 22.0 Å². The van der Waals surface area contributed by atoms with Crippen LogP contribution in [0.1, 0.15) is 18.4 Å². The van der Waals surface area contributed by atoms with Crippen molar-refractivity contribution >= 4 is 21.6 Å². The van der Waals surface area contributed by atoms with Crippen LogP contribution in [0, 0.1) is 11.6 Å². The van der Waals surface area contributed by atoms with Crippen molar-refractivity contribution in [3.05, 3.63) is 53.6 Å². The van der Waals surface area contributed by atoms with E-state index in [-0.39, 0.29) is 29.6 Å². The normalized spacial score (nSPS) is 13.9. The predicted molar refractivity (Wildman–Crippen MR) is 95.4 cm³/mol. The molecular weight excluding hydrogens is 378 g/mol. The Morgan fingerprint density at radius 1 is 1.22 bits per heavy atom. The fourth-order valence-electron chi connectivity index (χ4n) is 2.37. The molecule has 2 aromatic carbocycles. The highest BCUT2D eigenvalue weighted by Crippen LogP contribution is 2.29. The average Bonchev–Trinajstić information content (AvgIpc) is 3.40. The van der Waals surface area contributed by atoms with Gasteiger partial charge in [-0.1, -0.05) is 12.1 Å². The summed E-state index contributed by atoms with van der Waals surface area (Å²) in [6.07, 6.45) is 2.72. The van der Waals surface area contributed by atoms with E-state index in [4.69, 9.17) is 4.74 Å². The average molecular weight is 396 g/mol. The van der Waals surface area contributed by atoms with Gasteiger partial charge in [-0.05, 0) is 37.1 Å². The lowest BCUT2D eigenvalue weighted by Gasteiger charge is -2.12. The molecule has 0 radical (unpaired) electrons. The number of carbonyl (C=O) groups excluding carboxylic acids is 1. The molecule has 0 saturated heterocycles. The van der Waals surface area contributed by atoms with Gasteiger partial charge < -0.3 is 15.4 Å². The molecular formula is C18H18F2N2O4S. The number of urea groups is 1. The van der Waals surface area contributed by atoms with Gasteiger partial charge in [0.2, 0.25) is 0 Å². The summed E-state index contributed by atoms with van der Waals surface area (Å²) in [6, 6.07) is 7.20. The largest absolute Gasteiger partial charge is 0.487 e. The lowest BCUT2D eigenvalue weighted by Crippen LogP contribution is -2.28. The van der Waals surface area contributed by atoms with Crippen LogP contribution in [0.2, 0.25) is 0 Å². The van der Waals surface area contributed by atoms with Gasteiger partial charge in [0.1, 0.15) is 10.7 Å². The molecule has 0 aliphatic heterocycles. The third kappa shape index (κ3) is 4.94. The third-order valence-corrected chi connectivity index (χ3v) is 5.00. The Kier molecular flexibility index (Phi) is 5.31. The van der Waals surface area contributed by atoms with E-state index in [1.807, 2.05) is 0 Å². The van der Waals surface area contributed by atoms with E-state index in [0.717, 1.165) is 31.2 Å². The van der Waals surface area contributed by atoms with Crippen LogP contribution in [0.5, 0.6) is 5.75 Å². The standard InChI is InChI=1S/C18H18F2N2O4S/c1-27(24,25)16-9-12(5-8-14(16)19)22-18(23)21-10-11-3-2-4-15(17(11)20)26-13-6-7-13/h2-5,8-9,13H,6-7,10H2,1H3,(H2,21,22,23). The van der Waals surface area contributed by atoms with Gasteiger partial charge in [-0.15, -0.1) is 0 Å². The first-order valence-electron chi connectivity index (χ1n) is 8.22. The number of hydrogen-bond donors (Lipinski definition) is 2. The second-order valence-electron chi connectivity index (χ2n) is 6.27. The molecule has 2 amide bonds. The van der Waals surface area contributed by atoms with Gasteiger partial charge >= 0.3 is 6.03 Å². The Balaban J connectivity index is 1.63. The lowest BCUT2D eigenvalue weighted by molar-refractivity contribution is 0.251. The maximum absolute atomic E-state index is 14.4. The first-order valence-corrected chi connectivity index (χ1v) is 10.1. The van der Waals surface area contributed by atoms with Crippen LogP contribution < -0.4 is 15.4 Å². The number of benzene rings is 2. The number of amides is 2. The SMILES string of the molecule is CS(=O)(=O)c1cc(NC(=O)NCc2cccc(OC3CC3)c2F)ccc1F. The molecule has 6 nitrogen and oxygen atoms in total. The summed E-state index contributed by atoms with van der Waals surface area (Å²) < 4.78 is 56.5. The second-order valence-corrected chi connectivity index (χ2v) is 8.26. The number of rotatable bonds is 6. The zero-order chi connectivity index (χ0) is 19.6. The van der Waals surface area contributed by atoms with E-state index in [0.29, 0.717) is 0 Å².